The van der Waals surface area contributed by atoms with Crippen molar-refractivity contribution in [3.05, 3.63) is 35.4 Å². The summed E-state index contributed by atoms with van der Waals surface area (Å²) in [5.74, 6) is 0.130. The van der Waals surface area contributed by atoms with Gasteiger partial charge >= 0.3 is 5.97 Å². The lowest BCUT2D eigenvalue weighted by molar-refractivity contribution is -0.135. The molecular weight excluding hydrogens is 260 g/mol. The van der Waals surface area contributed by atoms with Crippen LogP contribution in [0.25, 0.3) is 0 Å². The number of ketones is 1. The van der Waals surface area contributed by atoms with E-state index < -0.39 is 5.97 Å². The number of hydrogen-bond donors (Lipinski definition) is 0. The highest BCUT2D eigenvalue weighted by Gasteiger charge is 2.23. The van der Waals surface area contributed by atoms with Gasteiger partial charge in [0.1, 0.15) is 5.57 Å². The fraction of sp³-hybridized carbons (Fsp3) is 0.333. The fourth-order valence-corrected chi connectivity index (χ4v) is 1.87. The predicted molar refractivity (Wildman–Crippen MR) is 71.8 cm³/mol. The highest BCUT2D eigenvalue weighted by atomic mass is 16.7. The number of Topliss-reactive ketones (excluding diaryl/α,β-unsaturated/α-hetero) is 1. The van der Waals surface area contributed by atoms with Crippen molar-refractivity contribution >= 4 is 11.8 Å². The number of esters is 1. The first-order valence-electron chi connectivity index (χ1n) is 6.27. The van der Waals surface area contributed by atoms with Crippen molar-refractivity contribution in [1.82, 2.24) is 0 Å². The van der Waals surface area contributed by atoms with Crippen LogP contribution in [-0.2, 0) is 9.53 Å². The second-order valence-electron chi connectivity index (χ2n) is 4.71. The third kappa shape index (κ3) is 2.82. The van der Waals surface area contributed by atoms with Crippen molar-refractivity contribution < 1.29 is 23.8 Å². The Morgan fingerprint density at radius 3 is 2.60 bits per heavy atom. The van der Waals surface area contributed by atoms with E-state index in [1.54, 1.807) is 24.3 Å². The van der Waals surface area contributed by atoms with Crippen LogP contribution in [0.4, 0.5) is 0 Å². The summed E-state index contributed by atoms with van der Waals surface area (Å²) in [4.78, 5) is 24.1. The molecule has 1 aromatic rings. The normalized spacial score (nSPS) is 13.5. The summed E-state index contributed by atoms with van der Waals surface area (Å²) in [6.07, 6.45) is 1.60. The molecule has 0 radical (unpaired) electrons. The third-order valence-electron chi connectivity index (χ3n) is 2.78. The maximum atomic E-state index is 12.4. The van der Waals surface area contributed by atoms with Gasteiger partial charge in [0.15, 0.2) is 17.3 Å². The minimum atomic E-state index is -0.638. The molecule has 0 saturated heterocycles. The standard InChI is InChI=1S/C15H16O5/c1-9(2)6-11(15(17)18-3)14(16)10-4-5-12-13(7-10)20-8-19-12/h4-7,9H,8H2,1-3H3/b11-6-. The monoisotopic (exact) mass is 276 g/mol. The lowest BCUT2D eigenvalue weighted by atomic mass is 9.99. The Morgan fingerprint density at radius 1 is 1.25 bits per heavy atom. The maximum absolute atomic E-state index is 12.4. The van der Waals surface area contributed by atoms with Gasteiger partial charge in [-0.2, -0.15) is 0 Å². The zero-order valence-corrected chi connectivity index (χ0v) is 11.6. The van der Waals surface area contributed by atoms with Crippen LogP contribution >= 0.6 is 0 Å². The van der Waals surface area contributed by atoms with Gasteiger partial charge in [-0.25, -0.2) is 4.79 Å². The lowest BCUT2D eigenvalue weighted by Gasteiger charge is -2.07. The molecule has 1 aliphatic heterocycles. The quantitative estimate of drug-likeness (QED) is 0.278. The first-order chi connectivity index (χ1) is 9.52. The van der Waals surface area contributed by atoms with Crippen LogP contribution in [0, 0.1) is 5.92 Å². The maximum Gasteiger partial charge on any atom is 0.341 e. The summed E-state index contributed by atoms with van der Waals surface area (Å²) in [7, 11) is 1.25. The zero-order valence-electron chi connectivity index (χ0n) is 11.6. The number of carbonyl (C=O) groups is 2. The van der Waals surface area contributed by atoms with Crippen LogP contribution in [0.2, 0.25) is 0 Å². The topological polar surface area (TPSA) is 61.8 Å². The van der Waals surface area contributed by atoms with Crippen molar-refractivity contribution in [3.8, 4) is 11.5 Å². The number of rotatable bonds is 4. The molecule has 0 atom stereocenters. The molecule has 0 amide bonds. The van der Waals surface area contributed by atoms with Crippen molar-refractivity contribution in [1.29, 1.82) is 0 Å². The predicted octanol–water partition coefficient (Wildman–Crippen LogP) is 2.35. The van der Waals surface area contributed by atoms with Crippen LogP contribution in [0.5, 0.6) is 11.5 Å². The van der Waals surface area contributed by atoms with E-state index in [2.05, 4.69) is 4.74 Å². The molecule has 0 N–H and O–H groups in total. The third-order valence-corrected chi connectivity index (χ3v) is 2.78. The molecule has 1 aromatic carbocycles. The van der Waals surface area contributed by atoms with E-state index in [0.29, 0.717) is 17.1 Å². The zero-order chi connectivity index (χ0) is 14.7. The molecule has 0 aliphatic carbocycles. The molecule has 106 valence electrons. The molecule has 1 aliphatic rings. The summed E-state index contributed by atoms with van der Waals surface area (Å²) >= 11 is 0. The van der Waals surface area contributed by atoms with Gasteiger partial charge in [0.25, 0.3) is 0 Å². The minimum Gasteiger partial charge on any atom is -0.465 e. The molecule has 0 saturated carbocycles. The Hall–Kier alpha value is -2.30. The minimum absolute atomic E-state index is 0.0290. The van der Waals surface area contributed by atoms with Crippen LogP contribution < -0.4 is 9.47 Å². The second kappa shape index (κ2) is 5.77. The average Bonchev–Trinajstić information content (AvgIpc) is 2.90. The second-order valence-corrected chi connectivity index (χ2v) is 4.71. The molecule has 5 heteroatoms. The number of hydrogen-bond acceptors (Lipinski definition) is 5. The highest BCUT2D eigenvalue weighted by Crippen LogP contribution is 2.33. The van der Waals surface area contributed by atoms with Crippen LogP contribution in [0.15, 0.2) is 29.8 Å². The Morgan fingerprint density at radius 2 is 1.95 bits per heavy atom. The van der Waals surface area contributed by atoms with E-state index in [-0.39, 0.29) is 24.1 Å². The number of ether oxygens (including phenoxy) is 3. The lowest BCUT2D eigenvalue weighted by Crippen LogP contribution is -2.15. The van der Waals surface area contributed by atoms with Gasteiger partial charge in [-0.1, -0.05) is 19.9 Å². The van der Waals surface area contributed by atoms with Gasteiger partial charge in [0, 0.05) is 5.56 Å². The van der Waals surface area contributed by atoms with Gasteiger partial charge in [0.2, 0.25) is 6.79 Å². The molecule has 1 heterocycles. The van der Waals surface area contributed by atoms with Crippen molar-refractivity contribution in [3.63, 3.8) is 0 Å². The molecule has 20 heavy (non-hydrogen) atoms. The van der Waals surface area contributed by atoms with Crippen molar-refractivity contribution in [2.45, 2.75) is 13.8 Å². The molecule has 0 fully saturated rings. The first kappa shape index (κ1) is 14.1. The summed E-state index contributed by atoms with van der Waals surface area (Å²) < 4.78 is 15.1. The molecule has 5 nitrogen and oxygen atoms in total. The van der Waals surface area contributed by atoms with Gasteiger partial charge in [-0.05, 0) is 24.1 Å². The van der Waals surface area contributed by atoms with Gasteiger partial charge in [-0.3, -0.25) is 4.79 Å². The van der Waals surface area contributed by atoms with E-state index in [4.69, 9.17) is 9.47 Å². The summed E-state index contributed by atoms with van der Waals surface area (Å²) in [6, 6.07) is 4.83. The average molecular weight is 276 g/mol. The smallest absolute Gasteiger partial charge is 0.341 e. The van der Waals surface area contributed by atoms with E-state index in [9.17, 15) is 9.59 Å². The Kier molecular flexibility index (Phi) is 4.08. The Bertz CT molecular complexity index is 572. The molecule has 0 bridgehead atoms. The molecular formula is C15H16O5. The van der Waals surface area contributed by atoms with Crippen molar-refractivity contribution in [2.75, 3.05) is 13.9 Å². The van der Waals surface area contributed by atoms with Crippen molar-refractivity contribution in [2.24, 2.45) is 5.92 Å². The number of benzene rings is 1. The Labute approximate surface area is 117 Å². The first-order valence-corrected chi connectivity index (χ1v) is 6.27. The molecule has 0 spiro atoms. The van der Waals surface area contributed by atoms with E-state index in [1.807, 2.05) is 13.8 Å². The molecule has 0 unspecified atom stereocenters. The van der Waals surface area contributed by atoms with Gasteiger partial charge < -0.3 is 14.2 Å². The number of carbonyl (C=O) groups excluding carboxylic acids is 2. The van der Waals surface area contributed by atoms with Crippen LogP contribution in [-0.4, -0.2) is 25.7 Å². The van der Waals surface area contributed by atoms with E-state index in [1.165, 1.54) is 7.11 Å². The van der Waals surface area contributed by atoms with Crippen LogP contribution in [0.1, 0.15) is 24.2 Å². The number of allylic oxidation sites excluding steroid dienone is 1. The molecule has 2 rings (SSSR count). The van der Waals surface area contributed by atoms with Crippen LogP contribution in [0.3, 0.4) is 0 Å². The van der Waals surface area contributed by atoms with E-state index >= 15 is 0 Å². The number of methoxy groups -OCH3 is 1. The van der Waals surface area contributed by atoms with Gasteiger partial charge in [-0.15, -0.1) is 0 Å². The summed E-state index contributed by atoms with van der Waals surface area (Å²) in [6.45, 7) is 3.91. The number of fused-ring (bicyclic) bond motifs is 1. The highest BCUT2D eigenvalue weighted by molar-refractivity contribution is 6.24. The van der Waals surface area contributed by atoms with Gasteiger partial charge in [0.05, 0.1) is 7.11 Å². The van der Waals surface area contributed by atoms with E-state index in [0.717, 1.165) is 0 Å². The Balaban J connectivity index is 2.35. The fourth-order valence-electron chi connectivity index (χ4n) is 1.87. The summed E-state index contributed by atoms with van der Waals surface area (Å²) in [5.41, 5.74) is 0.396. The SMILES string of the molecule is COC(=O)/C(=C\C(C)C)C(=O)c1ccc2c(c1)OCO2. The largest absolute Gasteiger partial charge is 0.465 e. The molecule has 0 aromatic heterocycles. The summed E-state index contributed by atoms with van der Waals surface area (Å²) in [5, 5.41) is 0.